The van der Waals surface area contributed by atoms with Crippen molar-refractivity contribution in [2.24, 2.45) is 0 Å². The Morgan fingerprint density at radius 1 is 1.00 bits per heavy atom. The van der Waals surface area contributed by atoms with Gasteiger partial charge in [0, 0.05) is 36.1 Å². The van der Waals surface area contributed by atoms with Gasteiger partial charge < -0.3 is 10.1 Å². The van der Waals surface area contributed by atoms with Crippen molar-refractivity contribution in [2.45, 2.75) is 59.3 Å². The first-order chi connectivity index (χ1) is 11.5. The summed E-state index contributed by atoms with van der Waals surface area (Å²) < 4.78 is 5.64. The molecule has 0 spiro atoms. The Labute approximate surface area is 149 Å². The molecular weight excluding hydrogens is 314 g/mol. The Hall–Kier alpha value is -2.43. The fourth-order valence-corrected chi connectivity index (χ4v) is 2.58. The van der Waals surface area contributed by atoms with Crippen LogP contribution in [0.25, 0.3) is 0 Å². The smallest absolute Gasteiger partial charge is 0.308 e. The minimum Gasteiger partial charge on any atom is -0.426 e. The van der Waals surface area contributed by atoms with Crippen LogP contribution in [0.15, 0.2) is 30.7 Å². The van der Waals surface area contributed by atoms with Crippen LogP contribution in [-0.4, -0.2) is 15.9 Å². The number of carbonyl (C=O) groups is 1. The number of rotatable bonds is 3. The number of esters is 1. The third kappa shape index (κ3) is 4.78. The van der Waals surface area contributed by atoms with Crippen molar-refractivity contribution in [3.05, 3.63) is 41.9 Å². The summed E-state index contributed by atoms with van der Waals surface area (Å²) in [5.41, 5.74) is 2.46. The highest BCUT2D eigenvalue weighted by molar-refractivity contribution is 5.73. The number of benzene rings is 1. The van der Waals surface area contributed by atoms with Gasteiger partial charge in [0.05, 0.1) is 6.20 Å². The molecular formula is C20H27N3O2. The highest BCUT2D eigenvalue weighted by Gasteiger charge is 2.28. The van der Waals surface area contributed by atoms with Crippen molar-refractivity contribution < 1.29 is 9.53 Å². The fourth-order valence-electron chi connectivity index (χ4n) is 2.58. The summed E-state index contributed by atoms with van der Waals surface area (Å²) in [4.78, 5) is 20.0. The summed E-state index contributed by atoms with van der Waals surface area (Å²) in [6.45, 7) is 14.1. The van der Waals surface area contributed by atoms with Crippen LogP contribution in [0.1, 0.15) is 59.6 Å². The van der Waals surface area contributed by atoms with Gasteiger partial charge in [0.2, 0.25) is 0 Å². The third-order valence-corrected chi connectivity index (χ3v) is 3.79. The van der Waals surface area contributed by atoms with Crippen LogP contribution >= 0.6 is 0 Å². The lowest BCUT2D eigenvalue weighted by Crippen LogP contribution is -2.21. The van der Waals surface area contributed by atoms with Gasteiger partial charge in [-0.3, -0.25) is 9.78 Å². The number of aromatic nitrogens is 2. The molecule has 0 atom stereocenters. The van der Waals surface area contributed by atoms with E-state index in [1.807, 2.05) is 12.1 Å². The van der Waals surface area contributed by atoms with Crippen LogP contribution < -0.4 is 10.1 Å². The zero-order valence-corrected chi connectivity index (χ0v) is 16.1. The summed E-state index contributed by atoms with van der Waals surface area (Å²) in [6, 6.07) is 4.03. The molecule has 0 aliphatic carbocycles. The van der Waals surface area contributed by atoms with Crippen molar-refractivity contribution in [3.63, 3.8) is 0 Å². The number of nitrogens with one attached hydrogen (secondary N) is 1. The monoisotopic (exact) mass is 341 g/mol. The van der Waals surface area contributed by atoms with E-state index in [9.17, 15) is 4.79 Å². The fraction of sp³-hybridized carbons (Fsp3) is 0.450. The largest absolute Gasteiger partial charge is 0.426 e. The topological polar surface area (TPSA) is 64.1 Å². The number of hydrogen-bond donors (Lipinski definition) is 1. The first-order valence-corrected chi connectivity index (χ1v) is 8.39. The minimum atomic E-state index is -0.314. The van der Waals surface area contributed by atoms with E-state index in [2.05, 4.69) is 56.8 Å². The number of anilines is 2. The third-order valence-electron chi connectivity index (χ3n) is 3.79. The molecule has 1 aromatic heterocycles. The van der Waals surface area contributed by atoms with E-state index in [1.54, 1.807) is 18.6 Å². The molecule has 0 aliphatic rings. The molecule has 134 valence electrons. The second-order valence-corrected chi connectivity index (χ2v) is 8.21. The van der Waals surface area contributed by atoms with Crippen LogP contribution in [0.3, 0.4) is 0 Å². The highest BCUT2D eigenvalue weighted by atomic mass is 16.5. The average molecular weight is 341 g/mol. The van der Waals surface area contributed by atoms with Crippen LogP contribution in [0, 0.1) is 0 Å². The first kappa shape index (κ1) is 18.9. The Morgan fingerprint density at radius 3 is 1.96 bits per heavy atom. The summed E-state index contributed by atoms with van der Waals surface area (Å²) in [5, 5.41) is 3.30. The predicted octanol–water partition coefficient (Wildman–Crippen LogP) is 4.74. The lowest BCUT2D eigenvalue weighted by atomic mass is 9.79. The van der Waals surface area contributed by atoms with E-state index >= 15 is 0 Å². The number of carbonyl (C=O) groups excluding carboxylic acids is 1. The standard InChI is InChI=1S/C20H27N3O2/c1-13(24)25-18-15(19(2,3)4)10-14(11-16(18)20(5,6)7)23-17-12-21-8-9-22-17/h8-12H,1-7H3,(H,22,23). The van der Waals surface area contributed by atoms with Gasteiger partial charge in [-0.2, -0.15) is 0 Å². The minimum absolute atomic E-state index is 0.190. The van der Waals surface area contributed by atoms with Crippen molar-refractivity contribution >= 4 is 17.5 Å². The van der Waals surface area contributed by atoms with Crippen LogP contribution in [0.2, 0.25) is 0 Å². The van der Waals surface area contributed by atoms with Crippen LogP contribution in [0.4, 0.5) is 11.5 Å². The molecule has 0 saturated carbocycles. The van der Waals surface area contributed by atoms with Crippen molar-refractivity contribution in [3.8, 4) is 5.75 Å². The maximum absolute atomic E-state index is 11.7. The normalized spacial score (nSPS) is 12.0. The second-order valence-electron chi connectivity index (χ2n) is 8.21. The maximum atomic E-state index is 11.7. The average Bonchev–Trinajstić information content (AvgIpc) is 2.46. The second kappa shape index (κ2) is 6.82. The SMILES string of the molecule is CC(=O)Oc1c(C(C)(C)C)cc(Nc2cnccn2)cc1C(C)(C)C. The van der Waals surface area contributed by atoms with E-state index in [4.69, 9.17) is 4.74 Å². The van der Waals surface area contributed by atoms with Gasteiger partial charge in [-0.1, -0.05) is 41.5 Å². The highest BCUT2D eigenvalue weighted by Crippen LogP contribution is 2.42. The molecule has 0 saturated heterocycles. The molecule has 1 aromatic carbocycles. The molecule has 0 unspecified atom stereocenters. The molecule has 0 amide bonds. The van der Waals surface area contributed by atoms with Gasteiger partial charge in [0.1, 0.15) is 11.6 Å². The molecule has 25 heavy (non-hydrogen) atoms. The lowest BCUT2D eigenvalue weighted by molar-refractivity contribution is -0.132. The van der Waals surface area contributed by atoms with Gasteiger partial charge in [0.25, 0.3) is 0 Å². The Balaban J connectivity index is 2.65. The summed E-state index contributed by atoms with van der Waals surface area (Å²) in [6.07, 6.45) is 4.95. The van der Waals surface area contributed by atoms with Crippen molar-refractivity contribution in [2.75, 3.05) is 5.32 Å². The van der Waals surface area contributed by atoms with Crippen molar-refractivity contribution in [1.82, 2.24) is 9.97 Å². The number of hydrogen-bond acceptors (Lipinski definition) is 5. The van der Waals surface area contributed by atoms with E-state index in [-0.39, 0.29) is 16.8 Å². The van der Waals surface area contributed by atoms with E-state index < -0.39 is 0 Å². The molecule has 2 aromatic rings. The Morgan fingerprint density at radius 2 is 1.56 bits per heavy atom. The van der Waals surface area contributed by atoms with E-state index in [1.165, 1.54) is 6.92 Å². The molecule has 5 heteroatoms. The summed E-state index contributed by atoms with van der Waals surface area (Å²) >= 11 is 0. The summed E-state index contributed by atoms with van der Waals surface area (Å²) in [7, 11) is 0. The van der Waals surface area contributed by atoms with Crippen LogP contribution in [-0.2, 0) is 15.6 Å². The Bertz CT molecular complexity index is 722. The van der Waals surface area contributed by atoms with Gasteiger partial charge in [0.15, 0.2) is 0 Å². The molecule has 0 aliphatic heterocycles. The van der Waals surface area contributed by atoms with Gasteiger partial charge >= 0.3 is 5.97 Å². The van der Waals surface area contributed by atoms with E-state index in [0.717, 1.165) is 16.8 Å². The molecule has 0 radical (unpaired) electrons. The Kier molecular flexibility index (Phi) is 5.16. The van der Waals surface area contributed by atoms with Gasteiger partial charge in [-0.15, -0.1) is 0 Å². The molecule has 0 bridgehead atoms. The summed E-state index contributed by atoms with van der Waals surface area (Å²) in [5.74, 6) is 1.00. The number of nitrogens with zero attached hydrogens (tertiary/aromatic N) is 2. The van der Waals surface area contributed by atoms with Gasteiger partial charge in [-0.05, 0) is 23.0 Å². The zero-order chi connectivity index (χ0) is 18.8. The lowest BCUT2D eigenvalue weighted by Gasteiger charge is -2.30. The predicted molar refractivity (Wildman–Crippen MR) is 100 cm³/mol. The molecule has 2 rings (SSSR count). The van der Waals surface area contributed by atoms with E-state index in [0.29, 0.717) is 11.6 Å². The zero-order valence-electron chi connectivity index (χ0n) is 16.1. The first-order valence-electron chi connectivity index (χ1n) is 8.39. The van der Waals surface area contributed by atoms with Crippen LogP contribution in [0.5, 0.6) is 5.75 Å². The van der Waals surface area contributed by atoms with Gasteiger partial charge in [-0.25, -0.2) is 4.98 Å². The number of ether oxygens (including phenoxy) is 1. The quantitative estimate of drug-likeness (QED) is 0.645. The molecule has 1 N–H and O–H groups in total. The molecule has 0 fully saturated rings. The molecule has 1 heterocycles. The maximum Gasteiger partial charge on any atom is 0.308 e. The molecule has 5 nitrogen and oxygen atoms in total. The van der Waals surface area contributed by atoms with Crippen molar-refractivity contribution in [1.29, 1.82) is 0 Å².